The van der Waals surface area contributed by atoms with Gasteiger partial charge in [0, 0.05) is 24.9 Å². The summed E-state index contributed by atoms with van der Waals surface area (Å²) in [5, 5.41) is 0. The standard InChI is InChI=1S/C16H24N2O/c17-14-4-15(19)9-18(8-14)10-16-5-11-1-12(6-16)3-13(2-11)7-16/h4,11-13H,1-3,5-10,17H2. The minimum Gasteiger partial charge on any atom is -0.401 e. The van der Waals surface area contributed by atoms with Crippen LogP contribution in [0, 0.1) is 23.2 Å². The number of nitrogens with two attached hydrogens (primary N) is 1. The van der Waals surface area contributed by atoms with Crippen molar-refractivity contribution < 1.29 is 4.79 Å². The van der Waals surface area contributed by atoms with Gasteiger partial charge in [0.1, 0.15) is 0 Å². The van der Waals surface area contributed by atoms with Gasteiger partial charge in [0.2, 0.25) is 0 Å². The zero-order valence-electron chi connectivity index (χ0n) is 11.6. The molecule has 5 rings (SSSR count). The van der Waals surface area contributed by atoms with Crippen LogP contribution in [0.1, 0.15) is 38.5 Å². The molecule has 0 amide bonds. The van der Waals surface area contributed by atoms with E-state index in [-0.39, 0.29) is 5.78 Å². The average Bonchev–Trinajstić information content (AvgIpc) is 2.23. The first-order chi connectivity index (χ1) is 9.10. The second-order valence-corrected chi connectivity index (χ2v) is 7.75. The second kappa shape index (κ2) is 4.08. The Morgan fingerprint density at radius 2 is 1.68 bits per heavy atom. The van der Waals surface area contributed by atoms with Crippen LogP contribution in [0.25, 0.3) is 0 Å². The van der Waals surface area contributed by atoms with Crippen LogP contribution >= 0.6 is 0 Å². The third kappa shape index (κ3) is 2.12. The van der Waals surface area contributed by atoms with Gasteiger partial charge in [-0.3, -0.25) is 9.69 Å². The molecule has 4 fully saturated rings. The Labute approximate surface area is 115 Å². The van der Waals surface area contributed by atoms with Gasteiger partial charge < -0.3 is 5.73 Å². The molecule has 0 saturated heterocycles. The van der Waals surface area contributed by atoms with Crippen molar-refractivity contribution in [3.05, 3.63) is 11.8 Å². The highest BCUT2D eigenvalue weighted by molar-refractivity contribution is 5.92. The summed E-state index contributed by atoms with van der Waals surface area (Å²) < 4.78 is 0. The van der Waals surface area contributed by atoms with Crippen LogP contribution in [0.4, 0.5) is 0 Å². The van der Waals surface area contributed by atoms with Crippen LogP contribution in [0.15, 0.2) is 11.8 Å². The Balaban J connectivity index is 1.51. The van der Waals surface area contributed by atoms with Crippen molar-refractivity contribution in [2.24, 2.45) is 28.9 Å². The Morgan fingerprint density at radius 1 is 1.11 bits per heavy atom. The van der Waals surface area contributed by atoms with E-state index in [0.29, 0.717) is 12.0 Å². The highest BCUT2D eigenvalue weighted by Gasteiger charge is 2.51. The fourth-order valence-electron chi connectivity index (χ4n) is 5.90. The van der Waals surface area contributed by atoms with Crippen LogP contribution in [-0.4, -0.2) is 30.3 Å². The van der Waals surface area contributed by atoms with E-state index in [1.807, 2.05) is 0 Å². The zero-order chi connectivity index (χ0) is 13.0. The molecule has 0 atom stereocenters. The van der Waals surface area contributed by atoms with Crippen LogP contribution < -0.4 is 5.73 Å². The number of carbonyl (C=O) groups excluding carboxylic acids is 1. The fourth-order valence-corrected chi connectivity index (χ4v) is 5.90. The Kier molecular flexibility index (Phi) is 2.57. The first-order valence-corrected chi connectivity index (χ1v) is 7.81. The summed E-state index contributed by atoms with van der Waals surface area (Å²) in [4.78, 5) is 14.0. The predicted molar refractivity (Wildman–Crippen MR) is 74.3 cm³/mol. The molecule has 4 aliphatic carbocycles. The molecule has 0 spiro atoms. The van der Waals surface area contributed by atoms with Crippen molar-refractivity contribution in [2.45, 2.75) is 38.5 Å². The number of nitrogens with zero attached hydrogens (tertiary/aromatic N) is 1. The molecule has 4 bridgehead atoms. The lowest BCUT2D eigenvalue weighted by Crippen LogP contribution is -2.52. The van der Waals surface area contributed by atoms with E-state index in [1.165, 1.54) is 38.5 Å². The molecule has 4 saturated carbocycles. The number of ketones is 1. The van der Waals surface area contributed by atoms with Crippen LogP contribution in [0.3, 0.4) is 0 Å². The van der Waals surface area contributed by atoms with Gasteiger partial charge in [-0.05, 0) is 61.7 Å². The molecule has 0 aromatic carbocycles. The highest BCUT2D eigenvalue weighted by Crippen LogP contribution is 2.60. The van der Waals surface area contributed by atoms with E-state index >= 15 is 0 Å². The third-order valence-electron chi connectivity index (χ3n) is 5.86. The van der Waals surface area contributed by atoms with Gasteiger partial charge in [-0.2, -0.15) is 0 Å². The van der Waals surface area contributed by atoms with Crippen molar-refractivity contribution in [3.63, 3.8) is 0 Å². The van der Waals surface area contributed by atoms with Crippen LogP contribution in [-0.2, 0) is 4.79 Å². The molecule has 1 heterocycles. The zero-order valence-corrected chi connectivity index (χ0v) is 11.6. The molecular formula is C16H24N2O. The quantitative estimate of drug-likeness (QED) is 0.825. The van der Waals surface area contributed by atoms with E-state index in [2.05, 4.69) is 4.90 Å². The molecular weight excluding hydrogens is 236 g/mol. The molecule has 0 aromatic rings. The lowest BCUT2D eigenvalue weighted by molar-refractivity contribution is -0.118. The molecule has 1 aliphatic heterocycles. The minimum atomic E-state index is 0.188. The monoisotopic (exact) mass is 260 g/mol. The van der Waals surface area contributed by atoms with Gasteiger partial charge in [0.25, 0.3) is 0 Å². The first kappa shape index (κ1) is 12.0. The number of rotatable bonds is 2. The van der Waals surface area contributed by atoms with Gasteiger partial charge in [-0.25, -0.2) is 0 Å². The molecule has 2 N–H and O–H groups in total. The van der Waals surface area contributed by atoms with Crippen molar-refractivity contribution in [1.29, 1.82) is 0 Å². The summed E-state index contributed by atoms with van der Waals surface area (Å²) >= 11 is 0. The van der Waals surface area contributed by atoms with Gasteiger partial charge in [0.05, 0.1) is 6.54 Å². The van der Waals surface area contributed by atoms with Gasteiger partial charge in [0.15, 0.2) is 5.78 Å². The summed E-state index contributed by atoms with van der Waals surface area (Å²) in [6, 6.07) is 0. The molecule has 0 unspecified atom stereocenters. The van der Waals surface area contributed by atoms with Crippen molar-refractivity contribution in [2.75, 3.05) is 19.6 Å². The fraction of sp³-hybridized carbons (Fsp3) is 0.812. The molecule has 3 nitrogen and oxygen atoms in total. The maximum Gasteiger partial charge on any atom is 0.171 e. The van der Waals surface area contributed by atoms with Crippen molar-refractivity contribution in [1.82, 2.24) is 4.90 Å². The predicted octanol–water partition coefficient (Wildman–Crippen LogP) is 1.93. The number of hydrogen-bond acceptors (Lipinski definition) is 3. The minimum absolute atomic E-state index is 0.188. The number of carbonyl (C=O) groups is 1. The summed E-state index contributed by atoms with van der Waals surface area (Å²) in [6.07, 6.45) is 10.3. The van der Waals surface area contributed by atoms with Crippen LogP contribution in [0.5, 0.6) is 0 Å². The normalized spacial score (nSPS) is 45.6. The summed E-state index contributed by atoms with van der Waals surface area (Å²) in [5.41, 5.74) is 7.15. The molecule has 19 heavy (non-hydrogen) atoms. The second-order valence-electron chi connectivity index (χ2n) is 7.75. The largest absolute Gasteiger partial charge is 0.401 e. The lowest BCUT2D eigenvalue weighted by Gasteiger charge is -2.58. The number of hydrogen-bond donors (Lipinski definition) is 1. The van der Waals surface area contributed by atoms with E-state index in [0.717, 1.165) is 36.5 Å². The van der Waals surface area contributed by atoms with E-state index in [4.69, 9.17) is 5.73 Å². The molecule has 5 aliphatic rings. The molecule has 104 valence electrons. The lowest BCUT2D eigenvalue weighted by atomic mass is 9.49. The SMILES string of the molecule is NC1=CC(=O)CN(CC23CC4CC(CC(C4)C2)C3)C1. The summed E-state index contributed by atoms with van der Waals surface area (Å²) in [7, 11) is 0. The van der Waals surface area contributed by atoms with Crippen molar-refractivity contribution >= 4 is 5.78 Å². The Hall–Kier alpha value is -0.830. The van der Waals surface area contributed by atoms with Gasteiger partial charge >= 0.3 is 0 Å². The van der Waals surface area contributed by atoms with E-state index in [1.54, 1.807) is 6.08 Å². The maximum absolute atomic E-state index is 11.7. The third-order valence-corrected chi connectivity index (χ3v) is 5.86. The van der Waals surface area contributed by atoms with Crippen LogP contribution in [0.2, 0.25) is 0 Å². The van der Waals surface area contributed by atoms with Crippen molar-refractivity contribution in [3.8, 4) is 0 Å². The van der Waals surface area contributed by atoms with E-state index < -0.39 is 0 Å². The summed E-state index contributed by atoms with van der Waals surface area (Å²) in [5.74, 6) is 3.15. The Bertz CT molecular complexity index is 405. The smallest absolute Gasteiger partial charge is 0.171 e. The van der Waals surface area contributed by atoms with Gasteiger partial charge in [-0.1, -0.05) is 0 Å². The van der Waals surface area contributed by atoms with Gasteiger partial charge in [-0.15, -0.1) is 0 Å². The first-order valence-electron chi connectivity index (χ1n) is 7.81. The average molecular weight is 260 g/mol. The maximum atomic E-state index is 11.7. The summed E-state index contributed by atoms with van der Waals surface area (Å²) in [6.45, 7) is 2.49. The highest BCUT2D eigenvalue weighted by atomic mass is 16.1. The van der Waals surface area contributed by atoms with E-state index in [9.17, 15) is 4.79 Å². The Morgan fingerprint density at radius 3 is 2.21 bits per heavy atom. The molecule has 3 heteroatoms. The topological polar surface area (TPSA) is 46.3 Å². The molecule has 0 radical (unpaired) electrons. The molecule has 0 aromatic heterocycles.